The number of aromatic nitrogens is 2. The first-order valence-electron chi connectivity index (χ1n) is 13.2. The highest BCUT2D eigenvalue weighted by molar-refractivity contribution is 9.10. The van der Waals surface area contributed by atoms with Crippen molar-refractivity contribution in [1.29, 1.82) is 0 Å². The molecule has 0 amide bonds. The van der Waals surface area contributed by atoms with Crippen molar-refractivity contribution in [2.45, 2.75) is 46.6 Å². The van der Waals surface area contributed by atoms with E-state index in [1.54, 1.807) is 37.4 Å². The van der Waals surface area contributed by atoms with Crippen LogP contribution in [-0.2, 0) is 4.79 Å². The lowest BCUT2D eigenvalue weighted by Gasteiger charge is -2.17. The summed E-state index contributed by atoms with van der Waals surface area (Å²) in [6.07, 6.45) is 0.453. The monoisotopic (exact) mass is 621 g/mol. The Hall–Kier alpha value is -4.18. The van der Waals surface area contributed by atoms with Crippen LogP contribution in [0.1, 0.15) is 50.3 Å². The Morgan fingerprint density at radius 1 is 1.12 bits per heavy atom. The van der Waals surface area contributed by atoms with E-state index in [4.69, 9.17) is 19.2 Å². The zero-order valence-corrected chi connectivity index (χ0v) is 25.4. The van der Waals surface area contributed by atoms with Crippen LogP contribution in [0.5, 0.6) is 17.2 Å². The second-order valence-electron chi connectivity index (χ2n) is 9.73. The molecule has 0 radical (unpaired) electrons. The zero-order valence-electron chi connectivity index (χ0n) is 23.8. The number of carboxylic acid groups (broad SMARTS) is 1. The van der Waals surface area contributed by atoms with E-state index in [0.717, 1.165) is 22.4 Å². The van der Waals surface area contributed by atoms with Crippen LogP contribution < -0.4 is 19.8 Å². The summed E-state index contributed by atoms with van der Waals surface area (Å²) in [5, 5.41) is 14.3. The average molecular weight is 623 g/mol. The van der Waals surface area contributed by atoms with Crippen molar-refractivity contribution in [3.63, 3.8) is 0 Å². The zero-order chi connectivity index (χ0) is 29.8. The van der Waals surface area contributed by atoms with E-state index in [-0.39, 0.29) is 17.2 Å². The van der Waals surface area contributed by atoms with Crippen molar-refractivity contribution in [1.82, 2.24) is 9.66 Å². The Bertz CT molecular complexity index is 1700. The first-order chi connectivity index (χ1) is 19.5. The van der Waals surface area contributed by atoms with Crippen LogP contribution in [0.4, 0.5) is 0 Å². The van der Waals surface area contributed by atoms with Gasteiger partial charge >= 0.3 is 5.97 Å². The van der Waals surface area contributed by atoms with Crippen molar-refractivity contribution in [3.8, 4) is 28.6 Å². The van der Waals surface area contributed by atoms with Crippen molar-refractivity contribution in [3.05, 3.63) is 80.0 Å². The molecule has 4 aromatic rings. The van der Waals surface area contributed by atoms with E-state index in [2.05, 4.69) is 34.9 Å². The third kappa shape index (κ3) is 6.27. The van der Waals surface area contributed by atoms with Gasteiger partial charge < -0.3 is 19.3 Å². The number of para-hydroxylation sites is 1. The number of aliphatic carboxylic acids is 1. The molecule has 0 unspecified atom stereocenters. The molecular formula is C31H32BrN3O6. The summed E-state index contributed by atoms with van der Waals surface area (Å²) in [5.74, 6) is 0.855. The molecule has 9 nitrogen and oxygen atoms in total. The van der Waals surface area contributed by atoms with Gasteiger partial charge in [-0.05, 0) is 90.1 Å². The van der Waals surface area contributed by atoms with Gasteiger partial charge in [-0.15, -0.1) is 0 Å². The molecule has 1 N–H and O–H groups in total. The summed E-state index contributed by atoms with van der Waals surface area (Å²) in [6, 6.07) is 14.4. The maximum absolute atomic E-state index is 13.8. The summed E-state index contributed by atoms with van der Waals surface area (Å²) in [4.78, 5) is 30.0. The predicted octanol–water partition coefficient (Wildman–Crippen LogP) is 6.40. The normalized spacial score (nSPS) is 12.2. The van der Waals surface area contributed by atoms with Gasteiger partial charge in [-0.1, -0.05) is 26.0 Å². The maximum Gasteiger partial charge on any atom is 0.344 e. The van der Waals surface area contributed by atoms with Crippen LogP contribution in [-0.4, -0.2) is 46.8 Å². The molecule has 1 aromatic heterocycles. The second kappa shape index (κ2) is 12.6. The molecule has 3 aromatic carbocycles. The molecule has 1 atom stereocenters. The first kappa shape index (κ1) is 29.8. The minimum absolute atomic E-state index is 0.172. The number of methoxy groups -OCH3 is 1. The lowest BCUT2D eigenvalue weighted by molar-refractivity contribution is -0.144. The van der Waals surface area contributed by atoms with E-state index >= 15 is 0 Å². The average Bonchev–Trinajstić information content (AvgIpc) is 2.94. The number of hydrogen-bond donors (Lipinski definition) is 1. The van der Waals surface area contributed by atoms with Crippen LogP contribution in [0.15, 0.2) is 62.9 Å². The molecule has 4 rings (SSSR count). The number of benzene rings is 3. The highest BCUT2D eigenvalue weighted by Gasteiger charge is 2.20. The van der Waals surface area contributed by atoms with Crippen LogP contribution >= 0.6 is 15.9 Å². The predicted molar refractivity (Wildman–Crippen MR) is 163 cm³/mol. The van der Waals surface area contributed by atoms with E-state index in [9.17, 15) is 14.7 Å². The fraction of sp³-hybridized carbons (Fsp3) is 0.290. The molecule has 0 spiro atoms. The van der Waals surface area contributed by atoms with E-state index < -0.39 is 12.1 Å². The van der Waals surface area contributed by atoms with E-state index in [0.29, 0.717) is 39.1 Å². The smallest absolute Gasteiger partial charge is 0.344 e. The van der Waals surface area contributed by atoms with Gasteiger partial charge in [-0.25, -0.2) is 9.78 Å². The number of carboxylic acids is 1. The Balaban J connectivity index is 1.91. The summed E-state index contributed by atoms with van der Waals surface area (Å²) < 4.78 is 18.8. The molecule has 0 aliphatic carbocycles. The minimum atomic E-state index is -1.10. The van der Waals surface area contributed by atoms with Crippen molar-refractivity contribution < 1.29 is 24.1 Å². The molecular weight excluding hydrogens is 590 g/mol. The van der Waals surface area contributed by atoms with Gasteiger partial charge in [0.15, 0.2) is 23.4 Å². The van der Waals surface area contributed by atoms with Gasteiger partial charge in [-0.2, -0.15) is 9.78 Å². The van der Waals surface area contributed by atoms with Gasteiger partial charge in [0.05, 0.1) is 30.8 Å². The fourth-order valence-electron chi connectivity index (χ4n) is 4.34. The molecule has 0 saturated heterocycles. The Morgan fingerprint density at radius 3 is 2.51 bits per heavy atom. The number of halogens is 1. The molecule has 1 heterocycles. The third-order valence-corrected chi connectivity index (χ3v) is 7.21. The maximum atomic E-state index is 13.8. The van der Waals surface area contributed by atoms with Crippen molar-refractivity contribution in [2.24, 2.45) is 5.10 Å². The van der Waals surface area contributed by atoms with Crippen molar-refractivity contribution in [2.75, 3.05) is 13.7 Å². The number of aryl methyl sites for hydroxylation is 1. The lowest BCUT2D eigenvalue weighted by atomic mass is 9.96. The molecule has 10 heteroatoms. The highest BCUT2D eigenvalue weighted by atomic mass is 79.9. The lowest BCUT2D eigenvalue weighted by Crippen LogP contribution is -2.23. The van der Waals surface area contributed by atoms with Crippen LogP contribution in [0, 0.1) is 6.92 Å². The van der Waals surface area contributed by atoms with Gasteiger partial charge in [-0.3, -0.25) is 4.79 Å². The standard InChI is InChI=1S/C31H32BrN3O6/c1-7-40-27-13-20(24(32)15-28(27)41-19(5)31(37)38)16-33-35-29(34-25-11-9-8-10-21(25)30(35)36)23-14-22(17(2)3)26(39-6)12-18(23)4/h8-17,19H,7H2,1-6H3,(H,37,38)/t19-/m1/s1. The summed E-state index contributed by atoms with van der Waals surface area (Å²) in [5.41, 5.74) is 3.46. The summed E-state index contributed by atoms with van der Waals surface area (Å²) >= 11 is 3.52. The Labute approximate surface area is 246 Å². The molecule has 214 valence electrons. The number of ether oxygens (including phenoxy) is 3. The van der Waals surface area contributed by atoms with Gasteiger partial charge in [0.1, 0.15) is 5.75 Å². The molecule has 0 fully saturated rings. The quantitative estimate of drug-likeness (QED) is 0.204. The number of hydrogen-bond acceptors (Lipinski definition) is 7. The fourth-order valence-corrected chi connectivity index (χ4v) is 4.77. The first-order valence-corrected chi connectivity index (χ1v) is 14.0. The minimum Gasteiger partial charge on any atom is -0.496 e. The van der Waals surface area contributed by atoms with Crippen LogP contribution in [0.3, 0.4) is 0 Å². The van der Waals surface area contributed by atoms with Gasteiger partial charge in [0.2, 0.25) is 0 Å². The largest absolute Gasteiger partial charge is 0.496 e. The van der Waals surface area contributed by atoms with Crippen LogP contribution in [0.2, 0.25) is 0 Å². The summed E-state index contributed by atoms with van der Waals surface area (Å²) in [6.45, 7) is 9.69. The van der Waals surface area contributed by atoms with E-state index in [1.807, 2.05) is 32.0 Å². The Morgan fingerprint density at radius 2 is 1.85 bits per heavy atom. The van der Waals surface area contributed by atoms with Gasteiger partial charge in [0, 0.05) is 15.6 Å². The SMILES string of the molecule is CCOc1cc(C=Nn2c(-c3cc(C(C)C)c(OC)cc3C)nc3ccccc3c2=O)c(Br)cc1O[C@H](C)C(=O)O. The Kier molecular flexibility index (Phi) is 9.12. The van der Waals surface area contributed by atoms with Crippen LogP contribution in [0.25, 0.3) is 22.3 Å². The molecule has 0 bridgehead atoms. The number of fused-ring (bicyclic) bond motifs is 1. The molecule has 0 aliphatic heterocycles. The third-order valence-electron chi connectivity index (χ3n) is 6.52. The summed E-state index contributed by atoms with van der Waals surface area (Å²) in [7, 11) is 1.64. The van der Waals surface area contributed by atoms with Crippen molar-refractivity contribution >= 4 is 39.0 Å². The topological polar surface area (TPSA) is 112 Å². The number of nitrogens with zero attached hydrogens (tertiary/aromatic N) is 3. The van der Waals surface area contributed by atoms with Gasteiger partial charge in [0.25, 0.3) is 5.56 Å². The molecule has 0 aliphatic rings. The van der Waals surface area contributed by atoms with E-state index in [1.165, 1.54) is 17.8 Å². The molecule has 41 heavy (non-hydrogen) atoms. The number of carbonyl (C=O) groups is 1. The second-order valence-corrected chi connectivity index (χ2v) is 10.6. The number of rotatable bonds is 10. The molecule has 0 saturated carbocycles. The highest BCUT2D eigenvalue weighted by Crippen LogP contribution is 2.35.